The van der Waals surface area contributed by atoms with E-state index < -0.39 is 39.7 Å². The molecular formula is C17H12N4O8S. The Morgan fingerprint density at radius 1 is 0.967 bits per heavy atom. The van der Waals surface area contributed by atoms with Gasteiger partial charge in [-0.25, -0.2) is 9.59 Å². The maximum atomic E-state index is 12.6. The maximum Gasteiger partial charge on any atom is 0.355 e. The third-order valence-electron chi connectivity index (χ3n) is 3.91. The van der Waals surface area contributed by atoms with Crippen molar-refractivity contribution in [2.24, 2.45) is 15.3 Å². The van der Waals surface area contributed by atoms with Crippen LogP contribution in [0.25, 0.3) is 0 Å². The van der Waals surface area contributed by atoms with Crippen molar-refractivity contribution in [1.82, 2.24) is 0 Å². The molecule has 1 aliphatic heterocycles. The number of hydrazone groups is 1. The number of carboxylic acid groups (broad SMARTS) is 2. The number of carbonyl (C=O) groups is 3. The summed E-state index contributed by atoms with van der Waals surface area (Å²) in [7, 11) is -4.39. The van der Waals surface area contributed by atoms with Crippen molar-refractivity contribution in [3.05, 3.63) is 54.1 Å². The Balaban J connectivity index is 1.87. The molecule has 2 aromatic carbocycles. The second kappa shape index (κ2) is 7.81. The molecule has 12 nitrogen and oxygen atoms in total. The van der Waals surface area contributed by atoms with Crippen molar-refractivity contribution in [3.8, 4) is 0 Å². The Morgan fingerprint density at radius 2 is 1.57 bits per heavy atom. The molecule has 1 aliphatic rings. The number of azo groups is 1. The SMILES string of the molecule is O=C(O)C1=NN(c2ccc(C(=O)O)cc2)C(=O)[C@H]1N=Nc1ccc(S(=O)(=O)O)cc1. The summed E-state index contributed by atoms with van der Waals surface area (Å²) in [5.74, 6) is -3.50. The summed E-state index contributed by atoms with van der Waals surface area (Å²) in [6.45, 7) is 0. The number of anilines is 1. The van der Waals surface area contributed by atoms with Crippen LogP contribution in [0, 0.1) is 0 Å². The zero-order valence-corrected chi connectivity index (χ0v) is 15.6. The minimum Gasteiger partial charge on any atom is -0.478 e. The van der Waals surface area contributed by atoms with E-state index in [0.29, 0.717) is 0 Å². The average Bonchev–Trinajstić information content (AvgIpc) is 3.02. The van der Waals surface area contributed by atoms with Gasteiger partial charge in [-0.15, -0.1) is 0 Å². The molecule has 1 amide bonds. The number of rotatable bonds is 6. The van der Waals surface area contributed by atoms with E-state index in [0.717, 1.165) is 17.1 Å². The second-order valence-electron chi connectivity index (χ2n) is 5.88. The van der Waals surface area contributed by atoms with Gasteiger partial charge >= 0.3 is 11.9 Å². The van der Waals surface area contributed by atoms with Crippen molar-refractivity contribution in [2.45, 2.75) is 10.9 Å². The van der Waals surface area contributed by atoms with Crippen LogP contribution in [-0.2, 0) is 19.7 Å². The van der Waals surface area contributed by atoms with Gasteiger partial charge in [0.05, 0.1) is 21.8 Å². The fourth-order valence-corrected chi connectivity index (χ4v) is 2.93. The first-order chi connectivity index (χ1) is 14.1. The lowest BCUT2D eigenvalue weighted by molar-refractivity contribution is -0.130. The minimum absolute atomic E-state index is 0.0302. The van der Waals surface area contributed by atoms with Crippen LogP contribution >= 0.6 is 0 Å². The fourth-order valence-electron chi connectivity index (χ4n) is 2.45. The lowest BCUT2D eigenvalue weighted by Gasteiger charge is -2.12. The molecule has 154 valence electrons. The molecule has 13 heteroatoms. The van der Waals surface area contributed by atoms with Crippen LogP contribution in [0.5, 0.6) is 0 Å². The zero-order chi connectivity index (χ0) is 22.1. The number of hydrogen-bond donors (Lipinski definition) is 3. The molecule has 2 aromatic rings. The summed E-state index contributed by atoms with van der Waals surface area (Å²) in [6, 6.07) is 7.99. The van der Waals surface area contributed by atoms with Gasteiger partial charge in [0.1, 0.15) is 0 Å². The number of carboxylic acids is 2. The molecule has 0 saturated carbocycles. The molecule has 0 radical (unpaired) electrons. The van der Waals surface area contributed by atoms with Crippen LogP contribution in [-0.4, -0.2) is 52.8 Å². The first kappa shape index (κ1) is 20.8. The maximum absolute atomic E-state index is 12.6. The monoisotopic (exact) mass is 432 g/mol. The van der Waals surface area contributed by atoms with E-state index in [1.54, 1.807) is 0 Å². The predicted molar refractivity (Wildman–Crippen MR) is 101 cm³/mol. The van der Waals surface area contributed by atoms with Gasteiger partial charge in [-0.2, -0.15) is 28.8 Å². The summed E-state index contributed by atoms with van der Waals surface area (Å²) >= 11 is 0. The Morgan fingerprint density at radius 3 is 2.07 bits per heavy atom. The third-order valence-corrected chi connectivity index (χ3v) is 4.78. The number of aromatic carboxylic acids is 1. The highest BCUT2D eigenvalue weighted by atomic mass is 32.2. The van der Waals surface area contributed by atoms with Gasteiger partial charge in [-0.05, 0) is 48.5 Å². The topological polar surface area (TPSA) is 186 Å². The van der Waals surface area contributed by atoms with Crippen LogP contribution in [0.1, 0.15) is 10.4 Å². The van der Waals surface area contributed by atoms with Gasteiger partial charge < -0.3 is 10.2 Å². The number of benzene rings is 2. The predicted octanol–water partition coefficient (Wildman–Crippen LogP) is 1.57. The van der Waals surface area contributed by atoms with E-state index in [2.05, 4.69) is 15.3 Å². The number of amides is 1. The van der Waals surface area contributed by atoms with Crippen molar-refractivity contribution in [3.63, 3.8) is 0 Å². The van der Waals surface area contributed by atoms with Crippen molar-refractivity contribution in [2.75, 3.05) is 5.01 Å². The lowest BCUT2D eigenvalue weighted by Crippen LogP contribution is -2.33. The largest absolute Gasteiger partial charge is 0.478 e. The van der Waals surface area contributed by atoms with Crippen molar-refractivity contribution in [1.29, 1.82) is 0 Å². The first-order valence-electron chi connectivity index (χ1n) is 8.05. The summed E-state index contributed by atoms with van der Waals surface area (Å²) in [5.41, 5.74) is -0.388. The van der Waals surface area contributed by atoms with Gasteiger partial charge in [0.2, 0.25) is 6.04 Å². The summed E-state index contributed by atoms with van der Waals surface area (Å²) in [6.07, 6.45) is 0. The van der Waals surface area contributed by atoms with Crippen molar-refractivity contribution >= 4 is 45.1 Å². The van der Waals surface area contributed by atoms with E-state index in [4.69, 9.17) is 9.66 Å². The van der Waals surface area contributed by atoms with Crippen LogP contribution in [0.15, 0.2) is 68.8 Å². The van der Waals surface area contributed by atoms with Gasteiger partial charge in [0.25, 0.3) is 16.0 Å². The molecule has 0 fully saturated rings. The highest BCUT2D eigenvalue weighted by molar-refractivity contribution is 7.85. The third kappa shape index (κ3) is 4.21. The number of hydrogen-bond acceptors (Lipinski definition) is 8. The zero-order valence-electron chi connectivity index (χ0n) is 14.8. The average molecular weight is 432 g/mol. The quantitative estimate of drug-likeness (QED) is 0.453. The fraction of sp³-hybridized carbons (Fsp3) is 0.0588. The van der Waals surface area contributed by atoms with Gasteiger partial charge in [-0.3, -0.25) is 9.35 Å². The van der Waals surface area contributed by atoms with Crippen LogP contribution in [0.4, 0.5) is 11.4 Å². The Labute approximate surface area is 168 Å². The highest BCUT2D eigenvalue weighted by Gasteiger charge is 2.41. The van der Waals surface area contributed by atoms with E-state index in [1.165, 1.54) is 36.4 Å². The molecule has 0 aliphatic carbocycles. The summed E-state index contributed by atoms with van der Waals surface area (Å²) < 4.78 is 31.0. The molecule has 0 bridgehead atoms. The highest BCUT2D eigenvalue weighted by Crippen LogP contribution is 2.24. The molecule has 1 heterocycles. The van der Waals surface area contributed by atoms with Gasteiger partial charge in [0, 0.05) is 0 Å². The Hall–Kier alpha value is -3.97. The van der Waals surface area contributed by atoms with Gasteiger partial charge in [0.15, 0.2) is 5.71 Å². The van der Waals surface area contributed by atoms with E-state index in [9.17, 15) is 27.9 Å². The first-order valence-corrected chi connectivity index (χ1v) is 9.49. The molecule has 3 N–H and O–H groups in total. The van der Waals surface area contributed by atoms with Crippen LogP contribution in [0.3, 0.4) is 0 Å². The summed E-state index contributed by atoms with van der Waals surface area (Å²) in [5, 5.41) is 30.2. The molecule has 0 aromatic heterocycles. The van der Waals surface area contributed by atoms with E-state index in [-0.39, 0.29) is 21.8 Å². The van der Waals surface area contributed by atoms with Gasteiger partial charge in [-0.1, -0.05) is 0 Å². The molecule has 0 spiro atoms. The Kier molecular flexibility index (Phi) is 5.40. The lowest BCUT2D eigenvalue weighted by atomic mass is 10.1. The molecule has 0 unspecified atom stereocenters. The van der Waals surface area contributed by atoms with Crippen molar-refractivity contribution < 1.29 is 37.6 Å². The summed E-state index contributed by atoms with van der Waals surface area (Å²) in [4.78, 5) is 34.6. The van der Waals surface area contributed by atoms with E-state index >= 15 is 0 Å². The number of aliphatic carboxylic acids is 1. The normalized spacial score (nSPS) is 16.7. The smallest absolute Gasteiger partial charge is 0.355 e. The van der Waals surface area contributed by atoms with E-state index in [1.807, 2.05) is 0 Å². The molecule has 0 saturated heterocycles. The second-order valence-corrected chi connectivity index (χ2v) is 7.30. The Bertz CT molecular complexity index is 1190. The molecule has 1 atom stereocenters. The van der Waals surface area contributed by atoms with Crippen LogP contribution in [0.2, 0.25) is 0 Å². The minimum atomic E-state index is -4.39. The molecular weight excluding hydrogens is 420 g/mol. The molecule has 3 rings (SSSR count). The standard InChI is InChI=1S/C17H12N4O8S/c22-15-13(19-18-10-3-7-12(8-4-10)30(27,28)29)14(17(25)26)20-21(15)11-5-1-9(2-6-11)16(23)24/h1-8,13H,(H,23,24)(H,25,26)(H,27,28,29)/t13-/m0/s1. The number of nitrogens with zero attached hydrogens (tertiary/aromatic N) is 4. The van der Waals surface area contributed by atoms with Crippen LogP contribution < -0.4 is 5.01 Å². The number of carbonyl (C=O) groups excluding carboxylic acids is 1. The molecule has 30 heavy (non-hydrogen) atoms.